The van der Waals surface area contributed by atoms with Crippen LogP contribution in [-0.2, 0) is 30.7 Å². The van der Waals surface area contributed by atoms with Gasteiger partial charge < -0.3 is 10.2 Å². The Balaban J connectivity index is 0.00000169. The molecule has 0 saturated carbocycles. The van der Waals surface area contributed by atoms with Crippen molar-refractivity contribution in [2.24, 2.45) is 0 Å². The molecule has 14 heavy (non-hydrogen) atoms. The van der Waals surface area contributed by atoms with Crippen LogP contribution < -0.4 is 0 Å². The first kappa shape index (κ1) is 12.8. The molecule has 78 valence electrons. The molecule has 4 nitrogen and oxygen atoms in total. The van der Waals surface area contributed by atoms with E-state index in [1.807, 2.05) is 0 Å². The van der Waals surface area contributed by atoms with Gasteiger partial charge in [0.2, 0.25) is 0 Å². The molecule has 0 atom stereocenters. The number of rotatable bonds is 3. The molecule has 0 aliphatic rings. The van der Waals surface area contributed by atoms with Crippen molar-refractivity contribution in [3.8, 4) is 0 Å². The molecule has 0 aromatic heterocycles. The molecule has 0 amide bonds. The van der Waals surface area contributed by atoms with E-state index in [9.17, 15) is 9.59 Å². The first-order chi connectivity index (χ1) is 6.13. The van der Waals surface area contributed by atoms with Crippen LogP contribution in [0, 0.1) is 0 Å². The van der Waals surface area contributed by atoms with Crippen LogP contribution in [0.1, 0.15) is 11.5 Å². The summed E-state index contributed by atoms with van der Waals surface area (Å²) in [7, 11) is 0. The van der Waals surface area contributed by atoms with E-state index < -0.39 is 17.9 Å². The van der Waals surface area contributed by atoms with E-state index in [-0.39, 0.29) is 26.6 Å². The van der Waals surface area contributed by atoms with Crippen LogP contribution in [0.4, 0.5) is 0 Å². The summed E-state index contributed by atoms with van der Waals surface area (Å²) in [6.45, 7) is 0. The molecular weight excluding hydrogens is 367 g/mol. The number of carboxylic acid groups (broad SMARTS) is 2. The van der Waals surface area contributed by atoms with Gasteiger partial charge in [-0.1, -0.05) is 30.3 Å². The second kappa shape index (κ2) is 5.55. The monoisotopic (exact) mass is 375 g/mol. The minimum Gasteiger partial charge on any atom is -0.480 e. The second-order valence-electron chi connectivity index (χ2n) is 2.52. The fourth-order valence-corrected chi connectivity index (χ4v) is 1.04. The van der Waals surface area contributed by atoms with E-state index in [0.717, 1.165) is 0 Å². The van der Waals surface area contributed by atoms with Crippen LogP contribution >= 0.6 is 0 Å². The third-order valence-electron chi connectivity index (χ3n) is 1.63. The van der Waals surface area contributed by atoms with Gasteiger partial charge in [-0.05, 0) is 5.56 Å². The fraction of sp³-hybridized carbons (Fsp3) is 0.111. The average molecular weight is 375 g/mol. The van der Waals surface area contributed by atoms with Crippen molar-refractivity contribution in [2.45, 2.75) is 5.92 Å². The van der Waals surface area contributed by atoms with Crippen molar-refractivity contribution in [1.29, 1.82) is 0 Å². The number of hydrogen-bond acceptors (Lipinski definition) is 2. The zero-order chi connectivity index (χ0) is 9.84. The molecule has 0 aliphatic carbocycles. The summed E-state index contributed by atoms with van der Waals surface area (Å²) in [5, 5.41) is 17.2. The third-order valence-corrected chi connectivity index (χ3v) is 1.63. The van der Waals surface area contributed by atoms with Gasteiger partial charge in [0, 0.05) is 21.1 Å². The van der Waals surface area contributed by atoms with E-state index in [1.54, 1.807) is 18.2 Å². The molecule has 1 aromatic rings. The zero-order valence-corrected chi connectivity index (χ0v) is 9.26. The fourth-order valence-electron chi connectivity index (χ4n) is 1.04. The van der Waals surface area contributed by atoms with E-state index in [0.29, 0.717) is 0 Å². The van der Waals surface area contributed by atoms with Crippen molar-refractivity contribution >= 4 is 11.9 Å². The molecule has 0 heterocycles. The van der Waals surface area contributed by atoms with Gasteiger partial charge >= 0.3 is 11.9 Å². The zero-order valence-electron chi connectivity index (χ0n) is 6.99. The summed E-state index contributed by atoms with van der Waals surface area (Å²) in [5.41, 5.74) is 0.280. The Morgan fingerprint density at radius 1 is 1.00 bits per heavy atom. The molecular formula is C9H8O4Pt. The number of carbonyl (C=O) groups is 2. The van der Waals surface area contributed by atoms with E-state index in [4.69, 9.17) is 10.2 Å². The number of aliphatic carboxylic acids is 2. The Kier molecular flexibility index (Phi) is 5.09. The molecule has 0 aliphatic heterocycles. The maximum atomic E-state index is 10.6. The first-order valence-electron chi connectivity index (χ1n) is 3.63. The van der Waals surface area contributed by atoms with Gasteiger partial charge in [0.1, 0.15) is 0 Å². The van der Waals surface area contributed by atoms with Crippen molar-refractivity contribution in [2.75, 3.05) is 0 Å². The SMILES string of the molecule is O=C(O)C(C(=O)O)c1ccccc1.[Pt]. The van der Waals surface area contributed by atoms with Crippen molar-refractivity contribution in [1.82, 2.24) is 0 Å². The van der Waals surface area contributed by atoms with Crippen LogP contribution in [0.15, 0.2) is 30.3 Å². The molecule has 5 heteroatoms. The smallest absolute Gasteiger partial charge is 0.322 e. The molecule has 1 aromatic carbocycles. The average Bonchev–Trinajstić information content (AvgIpc) is 2.04. The molecule has 0 spiro atoms. The van der Waals surface area contributed by atoms with Gasteiger partial charge in [0.05, 0.1) is 0 Å². The summed E-state index contributed by atoms with van der Waals surface area (Å²) in [6.07, 6.45) is 0. The van der Waals surface area contributed by atoms with Crippen LogP contribution in [0.2, 0.25) is 0 Å². The Morgan fingerprint density at radius 2 is 1.43 bits per heavy atom. The molecule has 0 radical (unpaired) electrons. The third kappa shape index (κ3) is 2.96. The standard InChI is InChI=1S/C9H8O4.Pt/c10-8(11)7(9(12)13)6-4-2-1-3-5-6;/h1-5,7H,(H,10,11)(H,12,13);. The first-order valence-corrected chi connectivity index (χ1v) is 3.63. The summed E-state index contributed by atoms with van der Waals surface area (Å²) < 4.78 is 0. The Labute approximate surface area is 94.8 Å². The minimum atomic E-state index is -1.47. The molecule has 0 fully saturated rings. The van der Waals surface area contributed by atoms with Crippen LogP contribution in [-0.4, -0.2) is 22.2 Å². The van der Waals surface area contributed by atoms with Crippen molar-refractivity contribution in [3.63, 3.8) is 0 Å². The summed E-state index contributed by atoms with van der Waals surface area (Å²) in [4.78, 5) is 21.1. The summed E-state index contributed by atoms with van der Waals surface area (Å²) in [6, 6.07) is 7.87. The molecule has 0 unspecified atom stereocenters. The van der Waals surface area contributed by atoms with Crippen LogP contribution in [0.5, 0.6) is 0 Å². The Hall–Kier alpha value is -1.15. The predicted molar refractivity (Wildman–Crippen MR) is 44.5 cm³/mol. The van der Waals surface area contributed by atoms with Gasteiger partial charge in [-0.25, -0.2) is 0 Å². The number of hydrogen-bond donors (Lipinski definition) is 2. The van der Waals surface area contributed by atoms with E-state index in [2.05, 4.69) is 0 Å². The number of carboxylic acids is 2. The van der Waals surface area contributed by atoms with E-state index >= 15 is 0 Å². The summed E-state index contributed by atoms with van der Waals surface area (Å²) >= 11 is 0. The second-order valence-corrected chi connectivity index (χ2v) is 2.52. The van der Waals surface area contributed by atoms with Crippen molar-refractivity contribution in [3.05, 3.63) is 35.9 Å². The largest absolute Gasteiger partial charge is 0.480 e. The molecule has 0 saturated heterocycles. The molecule has 1 rings (SSSR count). The van der Waals surface area contributed by atoms with Crippen LogP contribution in [0.25, 0.3) is 0 Å². The van der Waals surface area contributed by atoms with Gasteiger partial charge in [0.25, 0.3) is 0 Å². The van der Waals surface area contributed by atoms with Gasteiger partial charge in [0.15, 0.2) is 5.92 Å². The summed E-state index contributed by atoms with van der Waals surface area (Å²) in [5.74, 6) is -4.17. The maximum Gasteiger partial charge on any atom is 0.322 e. The number of benzene rings is 1. The van der Waals surface area contributed by atoms with Crippen molar-refractivity contribution < 1.29 is 40.9 Å². The quantitative estimate of drug-likeness (QED) is 0.772. The van der Waals surface area contributed by atoms with Crippen LogP contribution in [0.3, 0.4) is 0 Å². The molecule has 0 bridgehead atoms. The van der Waals surface area contributed by atoms with Gasteiger partial charge in [-0.2, -0.15) is 0 Å². The normalized spacial score (nSPS) is 9.21. The van der Waals surface area contributed by atoms with Gasteiger partial charge in [-0.15, -0.1) is 0 Å². The Bertz CT molecular complexity index is 309. The van der Waals surface area contributed by atoms with E-state index in [1.165, 1.54) is 12.1 Å². The topological polar surface area (TPSA) is 74.6 Å². The minimum absolute atomic E-state index is 0. The van der Waals surface area contributed by atoms with Gasteiger partial charge in [-0.3, -0.25) is 9.59 Å². The predicted octanol–water partition coefficient (Wildman–Crippen LogP) is 0.937. The molecule has 2 N–H and O–H groups in total. The Morgan fingerprint density at radius 3 is 1.79 bits per heavy atom. The maximum absolute atomic E-state index is 10.6.